The molecule has 124 valence electrons. The van der Waals surface area contributed by atoms with E-state index in [-0.39, 0.29) is 17.9 Å². The van der Waals surface area contributed by atoms with Crippen molar-refractivity contribution in [1.82, 2.24) is 0 Å². The number of phenols is 1. The Kier molecular flexibility index (Phi) is 5.57. The molecule has 6 nitrogen and oxygen atoms in total. The van der Waals surface area contributed by atoms with Crippen molar-refractivity contribution < 1.29 is 24.5 Å². The highest BCUT2D eigenvalue weighted by Gasteiger charge is 2.07. The number of carboxylic acid groups (broad SMARTS) is 1. The number of ether oxygens (including phenoxy) is 1. The molecule has 0 spiro atoms. The molecule has 3 N–H and O–H groups in total. The van der Waals surface area contributed by atoms with Crippen LogP contribution >= 0.6 is 0 Å². The number of aliphatic carboxylic acids is 1. The Morgan fingerprint density at radius 2 is 1.88 bits per heavy atom. The molecule has 24 heavy (non-hydrogen) atoms. The van der Waals surface area contributed by atoms with Crippen LogP contribution < -0.4 is 10.1 Å². The predicted molar refractivity (Wildman–Crippen MR) is 90.1 cm³/mol. The molecule has 0 bridgehead atoms. The molecule has 0 aliphatic heterocycles. The zero-order valence-electron chi connectivity index (χ0n) is 13.0. The molecule has 0 atom stereocenters. The molecule has 0 heterocycles. The number of aromatic hydroxyl groups is 1. The first-order chi connectivity index (χ1) is 11.5. The smallest absolute Gasteiger partial charge is 0.307 e. The predicted octanol–water partition coefficient (Wildman–Crippen LogP) is 2.68. The van der Waals surface area contributed by atoms with Gasteiger partial charge in [0.05, 0.1) is 19.2 Å². The average molecular weight is 327 g/mol. The Hall–Kier alpha value is -3.28. The van der Waals surface area contributed by atoms with Gasteiger partial charge in [-0.2, -0.15) is 0 Å². The number of benzene rings is 2. The lowest BCUT2D eigenvalue weighted by Crippen LogP contribution is -2.09. The largest absolute Gasteiger partial charge is 0.506 e. The van der Waals surface area contributed by atoms with Gasteiger partial charge in [-0.1, -0.05) is 18.2 Å². The summed E-state index contributed by atoms with van der Waals surface area (Å²) in [5.74, 6) is -0.835. The summed E-state index contributed by atoms with van der Waals surface area (Å²) < 4.78 is 5.05. The van der Waals surface area contributed by atoms with Crippen LogP contribution in [-0.2, 0) is 16.0 Å². The minimum Gasteiger partial charge on any atom is -0.506 e. The fourth-order valence-corrected chi connectivity index (χ4v) is 2.03. The van der Waals surface area contributed by atoms with Gasteiger partial charge >= 0.3 is 5.97 Å². The van der Waals surface area contributed by atoms with Gasteiger partial charge in [-0.25, -0.2) is 0 Å². The van der Waals surface area contributed by atoms with Crippen molar-refractivity contribution in [2.75, 3.05) is 12.4 Å². The number of rotatable bonds is 6. The minimum absolute atomic E-state index is 0.129. The van der Waals surface area contributed by atoms with E-state index < -0.39 is 11.9 Å². The number of amides is 1. The first-order valence-corrected chi connectivity index (χ1v) is 7.15. The molecule has 0 aliphatic rings. The molecule has 0 fully saturated rings. The highest BCUT2D eigenvalue weighted by Crippen LogP contribution is 2.24. The van der Waals surface area contributed by atoms with Crippen LogP contribution in [0.1, 0.15) is 11.1 Å². The van der Waals surface area contributed by atoms with E-state index in [1.165, 1.54) is 24.3 Å². The molecule has 2 aromatic rings. The monoisotopic (exact) mass is 327 g/mol. The van der Waals surface area contributed by atoms with Crippen LogP contribution in [0.2, 0.25) is 0 Å². The van der Waals surface area contributed by atoms with Crippen LogP contribution in [0.3, 0.4) is 0 Å². The number of carbonyl (C=O) groups excluding carboxylic acids is 1. The Balaban J connectivity index is 2.05. The molecular weight excluding hydrogens is 310 g/mol. The van der Waals surface area contributed by atoms with Crippen LogP contribution in [-0.4, -0.2) is 29.2 Å². The average Bonchev–Trinajstić information content (AvgIpc) is 2.56. The zero-order valence-corrected chi connectivity index (χ0v) is 13.0. The standard InChI is InChI=1S/C18H17NO5/c1-24-14-6-2-12(3-7-14)5-9-17(21)19-15-10-13(11-18(22)23)4-8-16(15)20/h2-10,20H,11H2,1H3,(H,19,21)(H,22,23)/b9-5+. The summed E-state index contributed by atoms with van der Waals surface area (Å²) in [5.41, 5.74) is 1.46. The number of carbonyl (C=O) groups is 2. The molecule has 2 rings (SSSR count). The Morgan fingerprint density at radius 3 is 2.50 bits per heavy atom. The number of hydrogen-bond donors (Lipinski definition) is 3. The van der Waals surface area contributed by atoms with Gasteiger partial charge < -0.3 is 20.3 Å². The molecule has 0 aliphatic carbocycles. The van der Waals surface area contributed by atoms with Crippen molar-refractivity contribution in [3.63, 3.8) is 0 Å². The molecule has 1 amide bonds. The highest BCUT2D eigenvalue weighted by molar-refractivity contribution is 6.02. The zero-order chi connectivity index (χ0) is 17.5. The normalized spacial score (nSPS) is 10.5. The number of carboxylic acids is 1. The second kappa shape index (κ2) is 7.82. The Bertz CT molecular complexity index is 765. The lowest BCUT2D eigenvalue weighted by atomic mass is 10.1. The summed E-state index contributed by atoms with van der Waals surface area (Å²) in [6.45, 7) is 0. The maximum absolute atomic E-state index is 11.9. The van der Waals surface area contributed by atoms with E-state index in [4.69, 9.17) is 9.84 Å². The van der Waals surface area contributed by atoms with Gasteiger partial charge in [-0.15, -0.1) is 0 Å². The summed E-state index contributed by atoms with van der Waals surface area (Å²) in [6.07, 6.45) is 2.75. The van der Waals surface area contributed by atoms with E-state index in [0.717, 1.165) is 11.3 Å². The van der Waals surface area contributed by atoms with E-state index >= 15 is 0 Å². The second-order valence-corrected chi connectivity index (χ2v) is 5.02. The molecule has 0 saturated heterocycles. The first kappa shape index (κ1) is 17.1. The molecule has 0 aromatic heterocycles. The maximum atomic E-state index is 11.9. The third-order valence-corrected chi connectivity index (χ3v) is 3.22. The molecular formula is C18H17NO5. The fourth-order valence-electron chi connectivity index (χ4n) is 2.03. The molecule has 6 heteroatoms. The van der Waals surface area contributed by atoms with Crippen LogP contribution in [0.15, 0.2) is 48.5 Å². The SMILES string of the molecule is COc1ccc(/C=C/C(=O)Nc2cc(CC(=O)O)ccc2O)cc1. The van der Waals surface area contributed by atoms with Crippen molar-refractivity contribution in [2.24, 2.45) is 0 Å². The number of anilines is 1. The summed E-state index contributed by atoms with van der Waals surface area (Å²) in [7, 11) is 1.57. The molecule has 0 radical (unpaired) electrons. The van der Waals surface area contributed by atoms with Crippen molar-refractivity contribution in [2.45, 2.75) is 6.42 Å². The lowest BCUT2D eigenvalue weighted by molar-refractivity contribution is -0.136. The van der Waals surface area contributed by atoms with Gasteiger partial charge in [0.25, 0.3) is 0 Å². The van der Waals surface area contributed by atoms with Crippen LogP contribution in [0.5, 0.6) is 11.5 Å². The summed E-state index contributed by atoms with van der Waals surface area (Å²) in [5, 5.41) is 21.1. The third kappa shape index (κ3) is 4.88. The molecule has 0 unspecified atom stereocenters. The van der Waals surface area contributed by atoms with Gasteiger partial charge in [-0.05, 0) is 41.5 Å². The fraction of sp³-hybridized carbons (Fsp3) is 0.111. The van der Waals surface area contributed by atoms with E-state index in [9.17, 15) is 14.7 Å². The van der Waals surface area contributed by atoms with Crippen molar-refractivity contribution in [3.05, 3.63) is 59.7 Å². The van der Waals surface area contributed by atoms with Crippen molar-refractivity contribution in [1.29, 1.82) is 0 Å². The van der Waals surface area contributed by atoms with E-state index in [1.54, 1.807) is 37.5 Å². The van der Waals surface area contributed by atoms with Crippen molar-refractivity contribution >= 4 is 23.6 Å². The highest BCUT2D eigenvalue weighted by atomic mass is 16.5. The topological polar surface area (TPSA) is 95.9 Å². The van der Waals surface area contributed by atoms with E-state index in [1.807, 2.05) is 0 Å². The van der Waals surface area contributed by atoms with E-state index in [2.05, 4.69) is 5.32 Å². The molecule has 2 aromatic carbocycles. The van der Waals surface area contributed by atoms with E-state index in [0.29, 0.717) is 5.56 Å². The van der Waals surface area contributed by atoms with Gasteiger partial charge in [0.15, 0.2) is 0 Å². The Labute approximate surface area is 139 Å². The summed E-state index contributed by atoms with van der Waals surface area (Å²) >= 11 is 0. The van der Waals surface area contributed by atoms with Gasteiger partial charge in [0.1, 0.15) is 11.5 Å². The summed E-state index contributed by atoms with van der Waals surface area (Å²) in [6, 6.07) is 11.4. The molecule has 0 saturated carbocycles. The minimum atomic E-state index is -0.989. The van der Waals surface area contributed by atoms with Crippen LogP contribution in [0.25, 0.3) is 6.08 Å². The summed E-state index contributed by atoms with van der Waals surface area (Å²) in [4.78, 5) is 22.7. The van der Waals surface area contributed by atoms with Gasteiger partial charge in [-0.3, -0.25) is 9.59 Å². The number of methoxy groups -OCH3 is 1. The van der Waals surface area contributed by atoms with Crippen molar-refractivity contribution in [3.8, 4) is 11.5 Å². The third-order valence-electron chi connectivity index (χ3n) is 3.22. The van der Waals surface area contributed by atoms with Crippen LogP contribution in [0, 0.1) is 0 Å². The first-order valence-electron chi connectivity index (χ1n) is 7.15. The van der Waals surface area contributed by atoms with Crippen LogP contribution in [0.4, 0.5) is 5.69 Å². The number of nitrogens with one attached hydrogen (secondary N) is 1. The van der Waals surface area contributed by atoms with Gasteiger partial charge in [0.2, 0.25) is 5.91 Å². The number of phenolic OH excluding ortho intramolecular Hbond substituents is 1. The van der Waals surface area contributed by atoms with Gasteiger partial charge in [0, 0.05) is 6.08 Å². The quantitative estimate of drug-likeness (QED) is 0.560. The second-order valence-electron chi connectivity index (χ2n) is 5.02. The lowest BCUT2D eigenvalue weighted by Gasteiger charge is -2.07. The number of hydrogen-bond acceptors (Lipinski definition) is 4. The Morgan fingerprint density at radius 1 is 1.17 bits per heavy atom. The maximum Gasteiger partial charge on any atom is 0.307 e.